The summed E-state index contributed by atoms with van der Waals surface area (Å²) in [5.41, 5.74) is 9.50. The van der Waals surface area contributed by atoms with Crippen LogP contribution in [0, 0.1) is 0 Å². The average molecular weight is 707 g/mol. The predicted octanol–water partition coefficient (Wildman–Crippen LogP) is 10.0. The second kappa shape index (κ2) is 14.4. The molecule has 0 spiro atoms. The van der Waals surface area contributed by atoms with E-state index >= 15 is 0 Å². The highest BCUT2D eigenvalue weighted by atomic mass is 16.3. The van der Waals surface area contributed by atoms with E-state index < -0.39 is 24.0 Å². The van der Waals surface area contributed by atoms with Crippen LogP contribution in [0.4, 0.5) is 34.1 Å². The van der Waals surface area contributed by atoms with Crippen LogP contribution in [-0.4, -0.2) is 42.4 Å². The maximum atomic E-state index is 11.4. The van der Waals surface area contributed by atoms with Crippen LogP contribution < -0.4 is 9.80 Å². The minimum Gasteiger partial charge on any atom is -0.392 e. The molecular formula is C46H38N6O2. The summed E-state index contributed by atoms with van der Waals surface area (Å²) in [6.07, 6.45) is 1.79. The molecule has 0 atom stereocenters. The summed E-state index contributed by atoms with van der Waals surface area (Å²) >= 11 is 0. The van der Waals surface area contributed by atoms with E-state index in [4.69, 9.17) is 0 Å². The molecule has 0 amide bonds. The summed E-state index contributed by atoms with van der Waals surface area (Å²) in [6.45, 7) is 0. The summed E-state index contributed by atoms with van der Waals surface area (Å²) < 4.78 is 0. The Kier molecular flexibility index (Phi) is 8.80. The van der Waals surface area contributed by atoms with E-state index in [1.165, 1.54) is 0 Å². The minimum absolute atomic E-state index is 0.504. The van der Waals surface area contributed by atoms with Crippen LogP contribution in [0.3, 0.4) is 0 Å². The number of H-pyrrole nitrogens is 2. The molecule has 1 saturated carbocycles. The number of aliphatic hydroxyl groups excluding tert-OH is 2. The van der Waals surface area contributed by atoms with E-state index in [1.807, 2.05) is 97.1 Å². The molecule has 0 saturated heterocycles. The Hall–Kier alpha value is -6.74. The highest BCUT2D eigenvalue weighted by Crippen LogP contribution is 2.48. The number of benzene rings is 6. The molecule has 264 valence electrons. The highest BCUT2D eigenvalue weighted by Gasteiger charge is 2.52. The number of hydrogen-bond donors (Lipinski definition) is 4. The zero-order chi connectivity index (χ0) is 36.4. The fourth-order valence-corrected chi connectivity index (χ4v) is 7.48. The van der Waals surface area contributed by atoms with Crippen molar-refractivity contribution in [3.63, 3.8) is 0 Å². The number of hydrogen-bond acceptors (Lipinski definition) is 6. The van der Waals surface area contributed by atoms with Crippen molar-refractivity contribution in [3.05, 3.63) is 194 Å². The molecule has 0 aliphatic heterocycles. The van der Waals surface area contributed by atoms with Crippen molar-refractivity contribution in [2.75, 3.05) is 9.80 Å². The van der Waals surface area contributed by atoms with Gasteiger partial charge >= 0.3 is 0 Å². The molecule has 0 bridgehead atoms. The van der Waals surface area contributed by atoms with Crippen LogP contribution >= 0.6 is 0 Å². The van der Waals surface area contributed by atoms with Gasteiger partial charge in [-0.1, -0.05) is 72.8 Å². The maximum Gasteiger partial charge on any atom is 0.137 e. The molecule has 2 heterocycles. The number of aliphatic hydroxyl groups is 2. The minimum atomic E-state index is -0.818. The molecule has 1 aliphatic carbocycles. The third-order valence-electron chi connectivity index (χ3n) is 10.2. The number of para-hydroxylation sites is 4. The number of anilines is 6. The molecule has 1 fully saturated rings. The molecule has 1 aliphatic rings. The summed E-state index contributed by atoms with van der Waals surface area (Å²) in [4.78, 5) is 20.4. The van der Waals surface area contributed by atoms with Gasteiger partial charge in [0.15, 0.2) is 0 Å². The Morgan fingerprint density at radius 3 is 0.944 bits per heavy atom. The second-order valence-electron chi connectivity index (χ2n) is 13.5. The second-order valence-corrected chi connectivity index (χ2v) is 13.5. The fourth-order valence-electron chi connectivity index (χ4n) is 7.48. The molecule has 54 heavy (non-hydrogen) atoms. The van der Waals surface area contributed by atoms with Crippen molar-refractivity contribution in [3.8, 4) is 22.8 Å². The highest BCUT2D eigenvalue weighted by molar-refractivity contribution is 5.79. The van der Waals surface area contributed by atoms with Gasteiger partial charge in [0.25, 0.3) is 0 Å². The SMILES string of the molecule is OC1C(c2cnc(-c3ccc(N(c4ccccc4)c4ccccc4)cc3)[nH]2)C(O)C1c1cnc(-c2ccc(N(c3ccccc3)c3ccccc3)cc2)[nH]1. The van der Waals surface area contributed by atoms with Crippen molar-refractivity contribution < 1.29 is 10.2 Å². The van der Waals surface area contributed by atoms with Crippen molar-refractivity contribution in [1.29, 1.82) is 0 Å². The smallest absolute Gasteiger partial charge is 0.137 e. The lowest BCUT2D eigenvalue weighted by atomic mass is 9.66. The van der Waals surface area contributed by atoms with Gasteiger partial charge in [0.2, 0.25) is 0 Å². The topological polar surface area (TPSA) is 104 Å². The quantitative estimate of drug-likeness (QED) is 0.113. The van der Waals surface area contributed by atoms with Gasteiger partial charge in [-0.05, 0) is 97.1 Å². The van der Waals surface area contributed by atoms with Crippen LogP contribution in [0.5, 0.6) is 0 Å². The molecule has 2 aromatic heterocycles. The zero-order valence-electron chi connectivity index (χ0n) is 29.3. The lowest BCUT2D eigenvalue weighted by molar-refractivity contribution is -0.0810. The van der Waals surface area contributed by atoms with E-state index in [2.05, 4.69) is 103 Å². The molecule has 4 N–H and O–H groups in total. The van der Waals surface area contributed by atoms with E-state index in [-0.39, 0.29) is 0 Å². The lowest BCUT2D eigenvalue weighted by Crippen LogP contribution is -2.52. The third-order valence-corrected chi connectivity index (χ3v) is 10.2. The van der Waals surface area contributed by atoms with Crippen LogP contribution in [-0.2, 0) is 0 Å². The first-order valence-corrected chi connectivity index (χ1v) is 18.1. The van der Waals surface area contributed by atoms with Gasteiger partial charge in [-0.2, -0.15) is 0 Å². The summed E-state index contributed by atoms with van der Waals surface area (Å²) in [7, 11) is 0. The Balaban J connectivity index is 0.897. The number of rotatable bonds is 10. The first kappa shape index (κ1) is 33.1. The standard InChI is InChI=1S/C46H38N6O2/c53-43-41(39-29-47-45(49-39)31-21-25-37(26-22-31)51(33-13-5-1-6-14-33)34-15-7-2-8-16-34)44(54)42(43)40-30-48-46(50-40)32-23-27-38(28-24-32)52(35-17-9-3-10-18-35)36-19-11-4-12-20-36/h1-30,41-44,53-54H,(H,47,49)(H,48,50). The van der Waals surface area contributed by atoms with Gasteiger partial charge < -0.3 is 30.0 Å². The molecule has 8 aromatic rings. The fraction of sp³-hybridized carbons (Fsp3) is 0.0870. The third kappa shape index (κ3) is 6.23. The monoisotopic (exact) mass is 706 g/mol. The van der Waals surface area contributed by atoms with Crippen LogP contribution in [0.15, 0.2) is 182 Å². The molecule has 0 radical (unpaired) electrons. The van der Waals surface area contributed by atoms with Gasteiger partial charge in [0.05, 0.1) is 24.0 Å². The Bertz CT molecular complexity index is 2170. The maximum absolute atomic E-state index is 11.4. The number of aromatic nitrogens is 4. The summed E-state index contributed by atoms with van der Waals surface area (Å²) in [5.74, 6) is 0.344. The van der Waals surface area contributed by atoms with Crippen molar-refractivity contribution in [2.24, 2.45) is 0 Å². The van der Waals surface area contributed by atoms with E-state index in [9.17, 15) is 10.2 Å². The Morgan fingerprint density at radius 2 is 0.648 bits per heavy atom. The van der Waals surface area contributed by atoms with Gasteiger partial charge in [0.1, 0.15) is 11.6 Å². The van der Waals surface area contributed by atoms with Gasteiger partial charge in [-0.3, -0.25) is 0 Å². The van der Waals surface area contributed by atoms with Crippen LogP contribution in [0.1, 0.15) is 23.2 Å². The molecule has 8 nitrogen and oxygen atoms in total. The lowest BCUT2D eigenvalue weighted by Gasteiger charge is -2.45. The normalized spacial score (nSPS) is 17.8. The molecule has 6 aromatic carbocycles. The largest absolute Gasteiger partial charge is 0.392 e. The van der Waals surface area contributed by atoms with Gasteiger partial charge in [0, 0.05) is 69.0 Å². The summed E-state index contributed by atoms with van der Waals surface area (Å²) in [6, 6.07) is 57.5. The summed E-state index contributed by atoms with van der Waals surface area (Å²) in [5, 5.41) is 22.7. The molecule has 9 rings (SSSR count). The van der Waals surface area contributed by atoms with E-state index in [0.29, 0.717) is 23.0 Å². The van der Waals surface area contributed by atoms with Crippen LogP contribution in [0.2, 0.25) is 0 Å². The number of imidazole rings is 2. The zero-order valence-corrected chi connectivity index (χ0v) is 29.3. The van der Waals surface area contributed by atoms with E-state index in [1.54, 1.807) is 12.4 Å². The Morgan fingerprint density at radius 1 is 0.370 bits per heavy atom. The number of aromatic amines is 2. The number of nitrogens with one attached hydrogen (secondary N) is 2. The molecule has 0 unspecified atom stereocenters. The van der Waals surface area contributed by atoms with Gasteiger partial charge in [-0.15, -0.1) is 0 Å². The predicted molar refractivity (Wildman–Crippen MR) is 215 cm³/mol. The van der Waals surface area contributed by atoms with Crippen molar-refractivity contribution in [1.82, 2.24) is 19.9 Å². The average Bonchev–Trinajstić information content (AvgIpc) is 3.91. The molecule has 8 heteroatoms. The van der Waals surface area contributed by atoms with E-state index in [0.717, 1.165) is 45.3 Å². The van der Waals surface area contributed by atoms with Gasteiger partial charge in [-0.25, -0.2) is 9.97 Å². The molecular weight excluding hydrogens is 669 g/mol. The van der Waals surface area contributed by atoms with Crippen LogP contribution in [0.25, 0.3) is 22.8 Å². The van der Waals surface area contributed by atoms with Crippen molar-refractivity contribution >= 4 is 34.1 Å². The number of nitrogens with zero attached hydrogens (tertiary/aromatic N) is 4. The first-order valence-electron chi connectivity index (χ1n) is 18.1. The first-order chi connectivity index (χ1) is 26.6. The van der Waals surface area contributed by atoms with Crippen molar-refractivity contribution in [2.45, 2.75) is 24.0 Å². The Labute approximate surface area is 313 Å².